The highest BCUT2D eigenvalue weighted by molar-refractivity contribution is 5.86. The molecule has 0 aromatic heterocycles. The molecule has 5 nitrogen and oxygen atoms in total. The third-order valence-corrected chi connectivity index (χ3v) is 3.07. The van der Waals surface area contributed by atoms with Gasteiger partial charge in [0.2, 0.25) is 0 Å². The highest BCUT2D eigenvalue weighted by Crippen LogP contribution is 2.30. The van der Waals surface area contributed by atoms with Gasteiger partial charge in [0, 0.05) is 17.6 Å². The third-order valence-electron chi connectivity index (χ3n) is 3.07. The molecule has 0 aliphatic rings. The molecule has 0 heterocycles. The molecule has 21 heavy (non-hydrogen) atoms. The summed E-state index contributed by atoms with van der Waals surface area (Å²) in [5.74, 6) is -0.465. The Bertz CT molecular complexity index is 508. The third kappa shape index (κ3) is 4.68. The molecule has 1 unspecified atom stereocenters. The van der Waals surface area contributed by atoms with E-state index in [0.717, 1.165) is 0 Å². The number of nitrogens with one attached hydrogen (secondary N) is 1. The van der Waals surface area contributed by atoms with Crippen molar-refractivity contribution in [3.63, 3.8) is 0 Å². The van der Waals surface area contributed by atoms with Crippen LogP contribution in [0.2, 0.25) is 0 Å². The average molecular weight is 298 g/mol. The lowest BCUT2D eigenvalue weighted by Crippen LogP contribution is -2.37. The molecule has 1 aromatic rings. The summed E-state index contributed by atoms with van der Waals surface area (Å²) in [6.45, 7) is 6.77. The molecule has 0 saturated carbocycles. The zero-order valence-electron chi connectivity index (χ0n) is 12.9. The van der Waals surface area contributed by atoms with E-state index in [2.05, 4.69) is 5.32 Å². The fourth-order valence-electron chi connectivity index (χ4n) is 1.80. The van der Waals surface area contributed by atoms with Crippen LogP contribution in [0.5, 0.6) is 0 Å². The van der Waals surface area contributed by atoms with Crippen LogP contribution >= 0.6 is 0 Å². The molecule has 0 aliphatic heterocycles. The molecule has 4 N–H and O–H groups in total. The molecular weight excluding hydrogens is 275 g/mol. The second-order valence-electron chi connectivity index (χ2n) is 6.24. The monoisotopic (exact) mass is 298 g/mol. The van der Waals surface area contributed by atoms with Crippen molar-refractivity contribution >= 4 is 11.8 Å². The standard InChI is InChI=1S/C15H23FN2O3/c1-14(2,3)21-13(20)18-12-6-5-10(16)7-11(12)15(4,8-17)9-19/h5-7,19H,8-9,17H2,1-4H3,(H,18,20). The van der Waals surface area contributed by atoms with E-state index in [4.69, 9.17) is 10.5 Å². The van der Waals surface area contributed by atoms with Gasteiger partial charge in [-0.05, 0) is 44.5 Å². The number of hydrogen-bond donors (Lipinski definition) is 3. The maximum Gasteiger partial charge on any atom is 0.412 e. The predicted octanol–water partition coefficient (Wildman–Crippen LogP) is 2.38. The number of amides is 1. The summed E-state index contributed by atoms with van der Waals surface area (Å²) in [6.07, 6.45) is -0.646. The highest BCUT2D eigenvalue weighted by Gasteiger charge is 2.28. The molecule has 6 heteroatoms. The molecule has 0 spiro atoms. The molecule has 0 aliphatic carbocycles. The first kappa shape index (κ1) is 17.4. The zero-order chi connectivity index (χ0) is 16.3. The van der Waals surface area contributed by atoms with Crippen molar-refractivity contribution in [1.82, 2.24) is 0 Å². The lowest BCUT2D eigenvalue weighted by atomic mass is 9.82. The fraction of sp³-hybridized carbons (Fsp3) is 0.533. The zero-order valence-corrected chi connectivity index (χ0v) is 12.9. The molecule has 0 saturated heterocycles. The number of halogens is 1. The van der Waals surface area contributed by atoms with E-state index in [0.29, 0.717) is 11.3 Å². The minimum atomic E-state index is -0.855. The Morgan fingerprint density at radius 3 is 2.48 bits per heavy atom. The lowest BCUT2D eigenvalue weighted by Gasteiger charge is -2.29. The van der Waals surface area contributed by atoms with E-state index >= 15 is 0 Å². The minimum Gasteiger partial charge on any atom is -0.444 e. The number of aliphatic hydroxyl groups excluding tert-OH is 1. The Hall–Kier alpha value is -1.66. The molecule has 0 bridgehead atoms. The molecule has 118 valence electrons. The number of aliphatic hydroxyl groups is 1. The number of hydrogen-bond acceptors (Lipinski definition) is 4. The van der Waals surface area contributed by atoms with Crippen LogP contribution < -0.4 is 11.1 Å². The minimum absolute atomic E-state index is 0.107. The molecular formula is C15H23FN2O3. The summed E-state index contributed by atoms with van der Waals surface area (Å²) in [5, 5.41) is 12.1. The van der Waals surface area contributed by atoms with Gasteiger partial charge < -0.3 is 15.6 Å². The van der Waals surface area contributed by atoms with Crippen molar-refractivity contribution in [3.05, 3.63) is 29.6 Å². The van der Waals surface area contributed by atoms with Crippen LogP contribution in [0, 0.1) is 5.82 Å². The molecule has 0 radical (unpaired) electrons. The quantitative estimate of drug-likeness (QED) is 0.797. The number of anilines is 1. The number of carbonyl (C=O) groups excluding carboxylic acids is 1. The SMILES string of the molecule is CC(C)(C)OC(=O)Nc1ccc(F)cc1C(C)(CN)CO. The van der Waals surface area contributed by atoms with E-state index in [1.165, 1.54) is 18.2 Å². The maximum atomic E-state index is 13.5. The molecule has 1 rings (SSSR count). The normalized spacial score (nSPS) is 14.4. The smallest absolute Gasteiger partial charge is 0.412 e. The maximum absolute atomic E-state index is 13.5. The summed E-state index contributed by atoms with van der Waals surface area (Å²) < 4.78 is 18.7. The van der Waals surface area contributed by atoms with E-state index in [9.17, 15) is 14.3 Å². The summed E-state index contributed by atoms with van der Waals surface area (Å²) in [6, 6.07) is 3.92. The van der Waals surface area contributed by atoms with Gasteiger partial charge in [0.15, 0.2) is 0 Å². The number of benzene rings is 1. The van der Waals surface area contributed by atoms with Gasteiger partial charge in [0.25, 0.3) is 0 Å². The average Bonchev–Trinajstić information content (AvgIpc) is 2.37. The van der Waals surface area contributed by atoms with Crippen LogP contribution in [-0.4, -0.2) is 30.0 Å². The fourth-order valence-corrected chi connectivity index (χ4v) is 1.80. The van der Waals surface area contributed by atoms with Crippen molar-refractivity contribution in [2.45, 2.75) is 38.7 Å². The van der Waals surface area contributed by atoms with E-state index in [1.807, 2.05) is 0 Å². The number of rotatable bonds is 4. The van der Waals surface area contributed by atoms with Gasteiger partial charge in [-0.1, -0.05) is 6.92 Å². The van der Waals surface area contributed by atoms with Crippen LogP contribution in [0.4, 0.5) is 14.9 Å². The highest BCUT2D eigenvalue weighted by atomic mass is 19.1. The number of nitrogens with two attached hydrogens (primary N) is 1. The van der Waals surface area contributed by atoms with Crippen LogP contribution in [-0.2, 0) is 10.2 Å². The Morgan fingerprint density at radius 1 is 1.38 bits per heavy atom. The van der Waals surface area contributed by atoms with Crippen molar-refractivity contribution in [1.29, 1.82) is 0 Å². The van der Waals surface area contributed by atoms with Gasteiger partial charge in [-0.15, -0.1) is 0 Å². The topological polar surface area (TPSA) is 84.6 Å². The summed E-state index contributed by atoms with van der Waals surface area (Å²) >= 11 is 0. The molecule has 1 atom stereocenters. The van der Waals surface area contributed by atoms with E-state index in [-0.39, 0.29) is 13.2 Å². The van der Waals surface area contributed by atoms with Crippen molar-refractivity contribution in [3.8, 4) is 0 Å². The number of carbonyl (C=O) groups is 1. The first-order valence-electron chi connectivity index (χ1n) is 6.72. The van der Waals surface area contributed by atoms with Gasteiger partial charge in [0.05, 0.1) is 6.61 Å². The Morgan fingerprint density at radius 2 is 2.00 bits per heavy atom. The Balaban J connectivity index is 3.11. The largest absolute Gasteiger partial charge is 0.444 e. The van der Waals surface area contributed by atoms with E-state index in [1.54, 1.807) is 27.7 Å². The summed E-state index contributed by atoms with van der Waals surface area (Å²) in [5.41, 5.74) is 4.98. The molecule has 0 fully saturated rings. The summed E-state index contributed by atoms with van der Waals surface area (Å²) in [4.78, 5) is 11.8. The first-order valence-corrected chi connectivity index (χ1v) is 6.72. The van der Waals surface area contributed by atoms with Crippen molar-refractivity contribution < 1.29 is 19.0 Å². The van der Waals surface area contributed by atoms with Crippen molar-refractivity contribution in [2.24, 2.45) is 5.73 Å². The van der Waals surface area contributed by atoms with Gasteiger partial charge in [0.1, 0.15) is 11.4 Å². The lowest BCUT2D eigenvalue weighted by molar-refractivity contribution is 0.0635. The second-order valence-corrected chi connectivity index (χ2v) is 6.24. The van der Waals surface area contributed by atoms with Crippen LogP contribution in [0.1, 0.15) is 33.3 Å². The van der Waals surface area contributed by atoms with Gasteiger partial charge in [-0.2, -0.15) is 0 Å². The van der Waals surface area contributed by atoms with Crippen LogP contribution in [0.25, 0.3) is 0 Å². The number of ether oxygens (including phenoxy) is 1. The van der Waals surface area contributed by atoms with E-state index < -0.39 is 22.9 Å². The second kappa shape index (κ2) is 6.41. The molecule has 1 amide bonds. The van der Waals surface area contributed by atoms with Gasteiger partial charge in [-0.3, -0.25) is 5.32 Å². The van der Waals surface area contributed by atoms with Crippen LogP contribution in [0.15, 0.2) is 18.2 Å². The Labute approximate surface area is 124 Å². The first-order chi connectivity index (χ1) is 9.61. The molecule has 1 aromatic carbocycles. The predicted molar refractivity (Wildman–Crippen MR) is 79.7 cm³/mol. The van der Waals surface area contributed by atoms with Gasteiger partial charge in [-0.25, -0.2) is 9.18 Å². The van der Waals surface area contributed by atoms with Crippen molar-refractivity contribution in [2.75, 3.05) is 18.5 Å². The Kier molecular flexibility index (Phi) is 5.31. The van der Waals surface area contributed by atoms with Crippen LogP contribution in [0.3, 0.4) is 0 Å². The summed E-state index contributed by atoms with van der Waals surface area (Å²) in [7, 11) is 0. The van der Waals surface area contributed by atoms with Gasteiger partial charge >= 0.3 is 6.09 Å².